The van der Waals surface area contributed by atoms with Crippen LogP contribution in [0.1, 0.15) is 39.5 Å². The molecule has 1 aliphatic rings. The third-order valence-corrected chi connectivity index (χ3v) is 3.09. The van der Waals surface area contributed by atoms with E-state index in [1.807, 2.05) is 13.8 Å². The maximum atomic E-state index is 11.6. The van der Waals surface area contributed by atoms with Gasteiger partial charge in [-0.15, -0.1) is 0 Å². The highest BCUT2D eigenvalue weighted by Crippen LogP contribution is 2.21. The van der Waals surface area contributed by atoms with E-state index in [9.17, 15) is 14.7 Å². The monoisotopic (exact) mass is 243 g/mol. The first-order valence-electron chi connectivity index (χ1n) is 6.15. The maximum Gasteiger partial charge on any atom is 0.407 e. The van der Waals surface area contributed by atoms with E-state index in [0.29, 0.717) is 6.29 Å². The molecule has 1 fully saturated rings. The fourth-order valence-corrected chi connectivity index (χ4v) is 2.06. The van der Waals surface area contributed by atoms with Crippen LogP contribution in [0.3, 0.4) is 0 Å². The molecular weight excluding hydrogens is 222 g/mol. The van der Waals surface area contributed by atoms with Crippen LogP contribution in [-0.2, 0) is 9.53 Å². The van der Waals surface area contributed by atoms with Gasteiger partial charge in [0.15, 0.2) is 6.29 Å². The lowest BCUT2D eigenvalue weighted by Gasteiger charge is -2.24. The van der Waals surface area contributed by atoms with Crippen LogP contribution in [0.5, 0.6) is 0 Å². The van der Waals surface area contributed by atoms with E-state index in [0.717, 1.165) is 25.7 Å². The Bertz CT molecular complexity index is 261. The van der Waals surface area contributed by atoms with Gasteiger partial charge < -0.3 is 20.0 Å². The average molecular weight is 243 g/mol. The molecule has 0 heterocycles. The van der Waals surface area contributed by atoms with E-state index in [-0.39, 0.29) is 12.0 Å². The lowest BCUT2D eigenvalue weighted by atomic mass is 10.00. The minimum Gasteiger partial charge on any atom is -0.446 e. The van der Waals surface area contributed by atoms with E-state index < -0.39 is 18.2 Å². The number of carbonyl (C=O) groups excluding carboxylic acids is 2. The van der Waals surface area contributed by atoms with Crippen molar-refractivity contribution < 1.29 is 19.4 Å². The summed E-state index contributed by atoms with van der Waals surface area (Å²) in [6.07, 6.45) is 2.65. The van der Waals surface area contributed by atoms with Crippen LogP contribution in [0.2, 0.25) is 0 Å². The molecule has 5 nitrogen and oxygen atoms in total. The Labute approximate surface area is 102 Å². The van der Waals surface area contributed by atoms with Gasteiger partial charge in [0, 0.05) is 0 Å². The van der Waals surface area contributed by atoms with E-state index in [1.54, 1.807) is 0 Å². The average Bonchev–Trinajstić information content (AvgIpc) is 2.77. The molecule has 0 bridgehead atoms. The Morgan fingerprint density at radius 2 is 2.00 bits per heavy atom. The van der Waals surface area contributed by atoms with Gasteiger partial charge in [0.2, 0.25) is 0 Å². The molecule has 0 aromatic carbocycles. The molecule has 98 valence electrons. The van der Waals surface area contributed by atoms with E-state index in [4.69, 9.17) is 4.74 Å². The van der Waals surface area contributed by atoms with Crippen molar-refractivity contribution in [3.8, 4) is 0 Å². The maximum absolute atomic E-state index is 11.6. The summed E-state index contributed by atoms with van der Waals surface area (Å²) in [7, 11) is 0. The fourth-order valence-electron chi connectivity index (χ4n) is 2.06. The lowest BCUT2D eigenvalue weighted by Crippen LogP contribution is -2.48. The highest BCUT2D eigenvalue weighted by atomic mass is 16.6. The summed E-state index contributed by atoms with van der Waals surface area (Å²) in [5, 5.41) is 12.0. The number of aliphatic hydroxyl groups excluding tert-OH is 1. The van der Waals surface area contributed by atoms with Crippen molar-refractivity contribution >= 4 is 12.4 Å². The molecular formula is C12H21NO4. The molecule has 5 heteroatoms. The van der Waals surface area contributed by atoms with Crippen molar-refractivity contribution in [2.24, 2.45) is 5.92 Å². The summed E-state index contributed by atoms with van der Waals surface area (Å²) in [4.78, 5) is 22.1. The standard InChI is InChI=1S/C12H21NO4/c1-8(2)11(10(15)7-14)13-12(16)17-9-5-3-4-6-9/h7-11,15H,3-6H2,1-2H3,(H,13,16)/t10?,11-/m0/s1. The Balaban J connectivity index is 2.42. The largest absolute Gasteiger partial charge is 0.446 e. The van der Waals surface area contributed by atoms with Crippen molar-refractivity contribution in [2.75, 3.05) is 0 Å². The zero-order valence-electron chi connectivity index (χ0n) is 10.4. The van der Waals surface area contributed by atoms with Gasteiger partial charge in [0.05, 0.1) is 6.04 Å². The van der Waals surface area contributed by atoms with Crippen molar-refractivity contribution in [2.45, 2.75) is 57.8 Å². The predicted octanol–water partition coefficient (Wildman–Crippen LogP) is 1.24. The molecule has 0 aromatic heterocycles. The SMILES string of the molecule is CC(C)[C@H](NC(=O)OC1CCCC1)C(O)C=O. The van der Waals surface area contributed by atoms with Gasteiger partial charge in [-0.3, -0.25) is 0 Å². The predicted molar refractivity (Wildman–Crippen MR) is 62.6 cm³/mol. The van der Waals surface area contributed by atoms with Gasteiger partial charge in [-0.25, -0.2) is 4.79 Å². The molecule has 2 atom stereocenters. The summed E-state index contributed by atoms with van der Waals surface area (Å²) in [5.41, 5.74) is 0. The summed E-state index contributed by atoms with van der Waals surface area (Å²) in [6.45, 7) is 3.65. The van der Waals surface area contributed by atoms with E-state index >= 15 is 0 Å². The number of hydrogen-bond acceptors (Lipinski definition) is 4. The van der Waals surface area contributed by atoms with Crippen LogP contribution < -0.4 is 5.32 Å². The molecule has 1 rings (SSSR count). The number of rotatable bonds is 5. The van der Waals surface area contributed by atoms with Crippen LogP contribution in [0.25, 0.3) is 0 Å². The molecule has 1 amide bonds. The van der Waals surface area contributed by atoms with Gasteiger partial charge in [-0.1, -0.05) is 13.8 Å². The smallest absolute Gasteiger partial charge is 0.407 e. The van der Waals surface area contributed by atoms with E-state index in [1.165, 1.54) is 0 Å². The van der Waals surface area contributed by atoms with Crippen LogP contribution in [0, 0.1) is 5.92 Å². The topological polar surface area (TPSA) is 75.6 Å². The second-order valence-electron chi connectivity index (χ2n) is 4.85. The minimum absolute atomic E-state index is 0.0174. The number of alkyl carbamates (subject to hydrolysis) is 1. The second kappa shape index (κ2) is 6.59. The van der Waals surface area contributed by atoms with Crippen molar-refractivity contribution in [1.82, 2.24) is 5.32 Å². The molecule has 1 unspecified atom stereocenters. The third-order valence-electron chi connectivity index (χ3n) is 3.09. The molecule has 0 spiro atoms. The number of ether oxygens (including phenoxy) is 1. The van der Waals surface area contributed by atoms with Gasteiger partial charge in [-0.05, 0) is 31.6 Å². The highest BCUT2D eigenvalue weighted by molar-refractivity contribution is 5.69. The van der Waals surface area contributed by atoms with Crippen molar-refractivity contribution in [3.05, 3.63) is 0 Å². The minimum atomic E-state index is -1.19. The summed E-state index contributed by atoms with van der Waals surface area (Å²) in [5.74, 6) is -0.0358. The Hall–Kier alpha value is -1.10. The van der Waals surface area contributed by atoms with Gasteiger partial charge in [0.25, 0.3) is 0 Å². The molecule has 1 saturated carbocycles. The van der Waals surface area contributed by atoms with Crippen LogP contribution >= 0.6 is 0 Å². The normalized spacial score (nSPS) is 20.0. The summed E-state index contributed by atoms with van der Waals surface area (Å²) in [6, 6.07) is -0.596. The second-order valence-corrected chi connectivity index (χ2v) is 4.85. The highest BCUT2D eigenvalue weighted by Gasteiger charge is 2.26. The first-order chi connectivity index (χ1) is 8.04. The Morgan fingerprint density at radius 1 is 1.41 bits per heavy atom. The molecule has 17 heavy (non-hydrogen) atoms. The summed E-state index contributed by atoms with van der Waals surface area (Å²) < 4.78 is 5.21. The first kappa shape index (κ1) is 14.0. The number of amides is 1. The number of aliphatic hydroxyl groups is 1. The third kappa shape index (κ3) is 4.34. The number of hydrogen-bond donors (Lipinski definition) is 2. The molecule has 0 radical (unpaired) electrons. The quantitative estimate of drug-likeness (QED) is 0.712. The molecule has 0 aliphatic heterocycles. The van der Waals surface area contributed by atoms with Gasteiger partial charge in [-0.2, -0.15) is 0 Å². The molecule has 0 saturated heterocycles. The number of nitrogens with one attached hydrogen (secondary N) is 1. The molecule has 1 aliphatic carbocycles. The fraction of sp³-hybridized carbons (Fsp3) is 0.833. The zero-order valence-corrected chi connectivity index (χ0v) is 10.4. The Kier molecular flexibility index (Phi) is 5.41. The van der Waals surface area contributed by atoms with Crippen LogP contribution in [-0.4, -0.2) is 35.7 Å². The van der Waals surface area contributed by atoms with E-state index in [2.05, 4.69) is 5.32 Å². The van der Waals surface area contributed by atoms with Crippen LogP contribution in [0.4, 0.5) is 4.79 Å². The molecule has 0 aromatic rings. The Morgan fingerprint density at radius 3 is 2.47 bits per heavy atom. The van der Waals surface area contributed by atoms with Crippen molar-refractivity contribution in [1.29, 1.82) is 0 Å². The van der Waals surface area contributed by atoms with Gasteiger partial charge in [0.1, 0.15) is 12.2 Å². The van der Waals surface area contributed by atoms with Crippen molar-refractivity contribution in [3.63, 3.8) is 0 Å². The zero-order chi connectivity index (χ0) is 12.8. The number of aldehydes is 1. The first-order valence-corrected chi connectivity index (χ1v) is 6.15. The van der Waals surface area contributed by atoms with Crippen LogP contribution in [0.15, 0.2) is 0 Å². The number of carbonyl (C=O) groups is 2. The summed E-state index contributed by atoms with van der Waals surface area (Å²) >= 11 is 0. The molecule has 2 N–H and O–H groups in total. The lowest BCUT2D eigenvalue weighted by molar-refractivity contribution is -0.116. The van der Waals surface area contributed by atoms with Gasteiger partial charge >= 0.3 is 6.09 Å².